The van der Waals surface area contributed by atoms with Crippen molar-refractivity contribution in [2.45, 2.75) is 18.9 Å². The first-order chi connectivity index (χ1) is 10.1. The molecule has 0 aliphatic heterocycles. The summed E-state index contributed by atoms with van der Waals surface area (Å²) in [5.74, 6) is 0. The van der Waals surface area contributed by atoms with E-state index in [-0.39, 0.29) is 6.04 Å². The predicted octanol–water partition coefficient (Wildman–Crippen LogP) is 3.36. The topological polar surface area (TPSA) is 56.7 Å². The lowest BCUT2D eigenvalue weighted by Gasteiger charge is -2.14. The summed E-state index contributed by atoms with van der Waals surface area (Å²) in [4.78, 5) is 4.70. The molecule has 3 rings (SSSR count). The number of halogens is 1. The number of rotatable bonds is 4. The summed E-state index contributed by atoms with van der Waals surface area (Å²) in [5, 5.41) is 5.29. The van der Waals surface area contributed by atoms with Gasteiger partial charge in [-0.05, 0) is 47.0 Å². The molecule has 0 radical (unpaired) electrons. The molecule has 5 heteroatoms. The number of fused-ring (bicyclic) bond motifs is 1. The van der Waals surface area contributed by atoms with Gasteiger partial charge in [-0.3, -0.25) is 4.68 Å². The second-order valence-electron chi connectivity index (χ2n) is 5.14. The van der Waals surface area contributed by atoms with Gasteiger partial charge in [-0.1, -0.05) is 18.2 Å². The van der Waals surface area contributed by atoms with Crippen LogP contribution in [-0.4, -0.2) is 14.8 Å². The van der Waals surface area contributed by atoms with Crippen molar-refractivity contribution in [1.29, 1.82) is 0 Å². The number of nitrogens with zero attached hydrogens (tertiary/aromatic N) is 3. The van der Waals surface area contributed by atoms with Gasteiger partial charge in [-0.2, -0.15) is 5.10 Å². The molecule has 21 heavy (non-hydrogen) atoms. The lowest BCUT2D eigenvalue weighted by molar-refractivity contribution is 0.602. The molecule has 2 heterocycles. The number of nitrogens with two attached hydrogens (primary N) is 1. The largest absolute Gasteiger partial charge is 0.323 e. The Labute approximate surface area is 132 Å². The summed E-state index contributed by atoms with van der Waals surface area (Å²) >= 11 is 3.59. The van der Waals surface area contributed by atoms with Crippen molar-refractivity contribution in [2.24, 2.45) is 12.8 Å². The van der Waals surface area contributed by atoms with Crippen LogP contribution in [0.4, 0.5) is 0 Å². The molecule has 0 fully saturated rings. The molecule has 1 aromatic carbocycles. The minimum absolute atomic E-state index is 0.0983. The van der Waals surface area contributed by atoms with Crippen molar-refractivity contribution in [1.82, 2.24) is 14.8 Å². The Bertz CT molecular complexity index is 766. The summed E-state index contributed by atoms with van der Waals surface area (Å²) in [5.41, 5.74) is 9.41. The molecule has 4 nitrogen and oxygen atoms in total. The first-order valence-corrected chi connectivity index (χ1v) is 7.72. The molecule has 0 aliphatic carbocycles. The maximum Gasteiger partial charge on any atom is 0.0720 e. The van der Waals surface area contributed by atoms with E-state index in [9.17, 15) is 0 Å². The Balaban J connectivity index is 1.82. The number of hydrogen-bond acceptors (Lipinski definition) is 3. The number of pyridine rings is 1. The van der Waals surface area contributed by atoms with Crippen LogP contribution in [0.5, 0.6) is 0 Å². The lowest BCUT2D eigenvalue weighted by atomic mass is 10.1. The van der Waals surface area contributed by atoms with Crippen LogP contribution < -0.4 is 5.73 Å². The summed E-state index contributed by atoms with van der Waals surface area (Å²) in [6.45, 7) is 0. The number of hydrogen-bond donors (Lipinski definition) is 1. The van der Waals surface area contributed by atoms with E-state index in [4.69, 9.17) is 10.7 Å². The molecule has 2 N–H and O–H groups in total. The summed E-state index contributed by atoms with van der Waals surface area (Å²) < 4.78 is 2.86. The highest BCUT2D eigenvalue weighted by molar-refractivity contribution is 9.10. The van der Waals surface area contributed by atoms with E-state index >= 15 is 0 Å². The lowest BCUT2D eigenvalue weighted by Crippen LogP contribution is -2.14. The second-order valence-corrected chi connectivity index (χ2v) is 5.99. The zero-order chi connectivity index (χ0) is 14.8. The van der Waals surface area contributed by atoms with E-state index in [0.717, 1.165) is 33.9 Å². The van der Waals surface area contributed by atoms with E-state index in [1.165, 1.54) is 5.69 Å². The Kier molecular flexibility index (Phi) is 4.03. The van der Waals surface area contributed by atoms with Crippen LogP contribution in [0.25, 0.3) is 10.9 Å². The normalized spacial score (nSPS) is 12.7. The highest BCUT2D eigenvalue weighted by atomic mass is 79.9. The van der Waals surface area contributed by atoms with Crippen LogP contribution in [0.3, 0.4) is 0 Å². The highest BCUT2D eigenvalue weighted by Crippen LogP contribution is 2.27. The average Bonchev–Trinajstić information content (AvgIpc) is 2.89. The molecule has 1 atom stereocenters. The third-order valence-corrected chi connectivity index (χ3v) is 4.32. The average molecular weight is 345 g/mol. The van der Waals surface area contributed by atoms with Crippen molar-refractivity contribution in [3.8, 4) is 0 Å². The fourth-order valence-electron chi connectivity index (χ4n) is 2.45. The molecule has 0 saturated heterocycles. The van der Waals surface area contributed by atoms with Gasteiger partial charge in [0.05, 0.1) is 11.2 Å². The van der Waals surface area contributed by atoms with Crippen LogP contribution >= 0.6 is 15.9 Å². The van der Waals surface area contributed by atoms with E-state index in [1.54, 1.807) is 0 Å². The molecule has 3 aromatic rings. The standard InChI is InChI=1S/C16H17BrN4/c1-21-12(8-9-19-21)6-7-14(18)16-13(17)10-11-4-2-3-5-15(11)20-16/h2-5,8-10,14H,6-7,18H2,1H3. The van der Waals surface area contributed by atoms with Crippen LogP contribution in [0, 0.1) is 0 Å². The van der Waals surface area contributed by atoms with Crippen LogP contribution in [0.2, 0.25) is 0 Å². The van der Waals surface area contributed by atoms with E-state index in [1.807, 2.05) is 42.2 Å². The third kappa shape index (κ3) is 2.99. The fourth-order valence-corrected chi connectivity index (χ4v) is 3.08. The van der Waals surface area contributed by atoms with Gasteiger partial charge in [-0.15, -0.1) is 0 Å². The van der Waals surface area contributed by atoms with Crippen LogP contribution in [0.15, 0.2) is 47.1 Å². The summed E-state index contributed by atoms with van der Waals surface area (Å²) in [7, 11) is 1.95. The number of benzene rings is 1. The van der Waals surface area contributed by atoms with Crippen molar-refractivity contribution in [2.75, 3.05) is 0 Å². The minimum atomic E-state index is -0.0983. The Morgan fingerprint density at radius 3 is 2.86 bits per heavy atom. The number of aromatic nitrogens is 3. The van der Waals surface area contributed by atoms with Gasteiger partial charge in [0.2, 0.25) is 0 Å². The maximum atomic E-state index is 6.33. The van der Waals surface area contributed by atoms with E-state index in [2.05, 4.69) is 33.2 Å². The Morgan fingerprint density at radius 2 is 2.10 bits per heavy atom. The zero-order valence-electron chi connectivity index (χ0n) is 11.8. The molecule has 0 bridgehead atoms. The molecule has 108 valence electrons. The van der Waals surface area contributed by atoms with Gasteiger partial charge < -0.3 is 5.73 Å². The first kappa shape index (κ1) is 14.2. The van der Waals surface area contributed by atoms with Gasteiger partial charge in [0.15, 0.2) is 0 Å². The molecule has 2 aromatic heterocycles. The molecular formula is C16H17BrN4. The molecule has 1 unspecified atom stereocenters. The molecule has 0 saturated carbocycles. The second kappa shape index (κ2) is 5.95. The summed E-state index contributed by atoms with van der Waals surface area (Å²) in [6, 6.07) is 12.1. The van der Waals surface area contributed by atoms with Crippen molar-refractivity contribution in [3.63, 3.8) is 0 Å². The summed E-state index contributed by atoms with van der Waals surface area (Å²) in [6.07, 6.45) is 3.53. The smallest absolute Gasteiger partial charge is 0.0720 e. The molecule has 0 amide bonds. The molecule has 0 spiro atoms. The number of para-hydroxylation sites is 1. The molecular weight excluding hydrogens is 328 g/mol. The van der Waals surface area contributed by atoms with Crippen molar-refractivity contribution < 1.29 is 0 Å². The molecule has 0 aliphatic rings. The van der Waals surface area contributed by atoms with Gasteiger partial charge >= 0.3 is 0 Å². The predicted molar refractivity (Wildman–Crippen MR) is 87.9 cm³/mol. The first-order valence-electron chi connectivity index (χ1n) is 6.93. The van der Waals surface area contributed by atoms with Crippen LogP contribution in [0.1, 0.15) is 23.9 Å². The van der Waals surface area contributed by atoms with Crippen molar-refractivity contribution in [3.05, 3.63) is 58.5 Å². The zero-order valence-corrected chi connectivity index (χ0v) is 13.4. The monoisotopic (exact) mass is 344 g/mol. The Morgan fingerprint density at radius 1 is 1.29 bits per heavy atom. The fraction of sp³-hybridized carbons (Fsp3) is 0.250. The van der Waals surface area contributed by atoms with Gasteiger partial charge in [-0.25, -0.2) is 4.98 Å². The highest BCUT2D eigenvalue weighted by Gasteiger charge is 2.14. The maximum absolute atomic E-state index is 6.33. The SMILES string of the molecule is Cn1nccc1CCC(N)c1nc2ccccc2cc1Br. The Hall–Kier alpha value is -1.72. The number of aryl methyl sites for hydroxylation is 2. The quantitative estimate of drug-likeness (QED) is 0.789. The van der Waals surface area contributed by atoms with E-state index < -0.39 is 0 Å². The van der Waals surface area contributed by atoms with Gasteiger partial charge in [0, 0.05) is 34.8 Å². The van der Waals surface area contributed by atoms with Crippen LogP contribution in [-0.2, 0) is 13.5 Å². The van der Waals surface area contributed by atoms with E-state index in [0.29, 0.717) is 0 Å². The minimum Gasteiger partial charge on any atom is -0.323 e. The van der Waals surface area contributed by atoms with Crippen molar-refractivity contribution >= 4 is 26.8 Å². The van der Waals surface area contributed by atoms with Gasteiger partial charge in [0.1, 0.15) is 0 Å². The van der Waals surface area contributed by atoms with Gasteiger partial charge in [0.25, 0.3) is 0 Å². The third-order valence-electron chi connectivity index (χ3n) is 3.69.